The number of rotatable bonds is 7. The van der Waals surface area contributed by atoms with Crippen molar-refractivity contribution < 1.29 is 4.74 Å². The molecule has 19 heavy (non-hydrogen) atoms. The molecule has 1 aromatic rings. The molecule has 0 aliphatic carbocycles. The number of hydrogen-bond donors (Lipinski definition) is 1. The van der Waals surface area contributed by atoms with E-state index in [1.54, 1.807) is 0 Å². The highest BCUT2D eigenvalue weighted by Crippen LogP contribution is 2.20. The molecule has 0 fully saturated rings. The van der Waals surface area contributed by atoms with Crippen LogP contribution in [0.5, 0.6) is 0 Å². The molecule has 0 saturated heterocycles. The fraction of sp³-hybridized carbons (Fsp3) is 0.647. The zero-order valence-corrected chi connectivity index (χ0v) is 13.1. The van der Waals surface area contributed by atoms with E-state index in [0.717, 1.165) is 19.6 Å². The molecule has 0 aromatic heterocycles. The van der Waals surface area contributed by atoms with Gasteiger partial charge in [0.15, 0.2) is 0 Å². The van der Waals surface area contributed by atoms with Crippen LogP contribution in [0.1, 0.15) is 52.5 Å². The molecule has 1 N–H and O–H groups in total. The number of nitrogens with one attached hydrogen (secondary N) is 1. The molecular weight excluding hydrogens is 234 g/mol. The normalized spacial score (nSPS) is 13.8. The van der Waals surface area contributed by atoms with Crippen LogP contribution in [-0.4, -0.2) is 24.8 Å². The fourth-order valence-corrected chi connectivity index (χ4v) is 2.00. The number of hydrogen-bond acceptors (Lipinski definition) is 2. The number of benzene rings is 1. The lowest BCUT2D eigenvalue weighted by molar-refractivity contribution is -0.00628. The molecule has 108 valence electrons. The van der Waals surface area contributed by atoms with E-state index in [9.17, 15) is 0 Å². The third-order valence-corrected chi connectivity index (χ3v) is 3.04. The van der Waals surface area contributed by atoms with E-state index >= 15 is 0 Å². The molecule has 0 saturated carbocycles. The van der Waals surface area contributed by atoms with Crippen molar-refractivity contribution in [3.63, 3.8) is 0 Å². The molecule has 1 aromatic carbocycles. The van der Waals surface area contributed by atoms with E-state index in [2.05, 4.69) is 70.3 Å². The molecule has 0 heterocycles. The lowest BCUT2D eigenvalue weighted by atomic mass is 9.95. The molecule has 1 atom stereocenters. The second-order valence-electron chi connectivity index (χ2n) is 6.42. The van der Waals surface area contributed by atoms with E-state index in [0.29, 0.717) is 12.0 Å². The van der Waals surface area contributed by atoms with Gasteiger partial charge < -0.3 is 10.1 Å². The smallest absolute Gasteiger partial charge is 0.0598 e. The zero-order valence-electron chi connectivity index (χ0n) is 13.1. The van der Waals surface area contributed by atoms with Crippen LogP contribution >= 0.6 is 0 Å². The van der Waals surface area contributed by atoms with Gasteiger partial charge in [-0.25, -0.2) is 0 Å². The van der Waals surface area contributed by atoms with E-state index < -0.39 is 0 Å². The topological polar surface area (TPSA) is 21.3 Å². The van der Waals surface area contributed by atoms with E-state index in [-0.39, 0.29) is 5.60 Å². The summed E-state index contributed by atoms with van der Waals surface area (Å²) in [6.07, 6.45) is 1.06. The van der Waals surface area contributed by atoms with Gasteiger partial charge in [0.05, 0.1) is 5.60 Å². The van der Waals surface area contributed by atoms with Gasteiger partial charge in [0, 0.05) is 19.2 Å². The first-order chi connectivity index (χ1) is 8.88. The van der Waals surface area contributed by atoms with Gasteiger partial charge in [0.1, 0.15) is 0 Å². The Bertz CT molecular complexity index is 340. The molecule has 0 bridgehead atoms. The average Bonchev–Trinajstić information content (AvgIpc) is 2.33. The molecule has 2 nitrogen and oxygen atoms in total. The molecule has 0 spiro atoms. The van der Waals surface area contributed by atoms with Gasteiger partial charge in [-0.15, -0.1) is 0 Å². The second kappa shape index (κ2) is 7.66. The van der Waals surface area contributed by atoms with Crippen LogP contribution in [0.3, 0.4) is 0 Å². The van der Waals surface area contributed by atoms with Crippen LogP contribution in [0.2, 0.25) is 0 Å². The van der Waals surface area contributed by atoms with Crippen molar-refractivity contribution in [1.29, 1.82) is 0 Å². The average molecular weight is 263 g/mol. The lowest BCUT2D eigenvalue weighted by Crippen LogP contribution is -2.29. The fourth-order valence-electron chi connectivity index (χ4n) is 2.00. The van der Waals surface area contributed by atoms with Crippen LogP contribution in [0, 0.1) is 0 Å². The van der Waals surface area contributed by atoms with Crippen LogP contribution in [-0.2, 0) is 4.74 Å². The summed E-state index contributed by atoms with van der Waals surface area (Å²) in [5.74, 6) is 0.519. The first kappa shape index (κ1) is 16.2. The Balaban J connectivity index is 2.55. The Morgan fingerprint density at radius 2 is 1.74 bits per heavy atom. The SMILES string of the molecule is CC(C)NCC(CCOC(C)(C)C)c1ccccc1. The Kier molecular flexibility index (Phi) is 6.53. The van der Waals surface area contributed by atoms with Gasteiger partial charge in [-0.2, -0.15) is 0 Å². The summed E-state index contributed by atoms with van der Waals surface area (Å²) in [4.78, 5) is 0. The number of ether oxygens (including phenoxy) is 1. The van der Waals surface area contributed by atoms with Gasteiger partial charge in [-0.1, -0.05) is 44.2 Å². The third-order valence-electron chi connectivity index (χ3n) is 3.04. The first-order valence-electron chi connectivity index (χ1n) is 7.31. The minimum atomic E-state index is -0.0489. The standard InChI is InChI=1S/C17H29NO/c1-14(2)18-13-16(11-12-19-17(3,4)5)15-9-7-6-8-10-15/h6-10,14,16,18H,11-13H2,1-5H3. The molecular formula is C17H29NO. The van der Waals surface area contributed by atoms with Gasteiger partial charge in [0.2, 0.25) is 0 Å². The summed E-state index contributed by atoms with van der Waals surface area (Å²) in [6, 6.07) is 11.2. The second-order valence-corrected chi connectivity index (χ2v) is 6.42. The summed E-state index contributed by atoms with van der Waals surface area (Å²) >= 11 is 0. The zero-order chi connectivity index (χ0) is 14.3. The van der Waals surface area contributed by atoms with Crippen molar-refractivity contribution in [3.05, 3.63) is 35.9 Å². The quantitative estimate of drug-likeness (QED) is 0.803. The maximum Gasteiger partial charge on any atom is 0.0598 e. The maximum absolute atomic E-state index is 5.86. The van der Waals surface area contributed by atoms with Gasteiger partial charge in [-0.05, 0) is 38.7 Å². The van der Waals surface area contributed by atoms with Gasteiger partial charge >= 0.3 is 0 Å². The molecule has 1 unspecified atom stereocenters. The summed E-state index contributed by atoms with van der Waals surface area (Å²) in [6.45, 7) is 12.5. The highest BCUT2D eigenvalue weighted by Gasteiger charge is 2.15. The Morgan fingerprint density at radius 3 is 2.26 bits per heavy atom. The monoisotopic (exact) mass is 263 g/mol. The first-order valence-corrected chi connectivity index (χ1v) is 7.31. The van der Waals surface area contributed by atoms with Gasteiger partial charge in [0.25, 0.3) is 0 Å². The van der Waals surface area contributed by atoms with E-state index in [1.807, 2.05) is 0 Å². The third kappa shape index (κ3) is 7.34. The Morgan fingerprint density at radius 1 is 1.11 bits per heavy atom. The largest absolute Gasteiger partial charge is 0.376 e. The van der Waals surface area contributed by atoms with Crippen LogP contribution in [0.25, 0.3) is 0 Å². The predicted molar refractivity (Wildman–Crippen MR) is 82.6 cm³/mol. The molecule has 0 aliphatic heterocycles. The lowest BCUT2D eigenvalue weighted by Gasteiger charge is -2.24. The molecule has 1 rings (SSSR count). The summed E-state index contributed by atoms with van der Waals surface area (Å²) in [5, 5.41) is 3.54. The van der Waals surface area contributed by atoms with Crippen molar-refractivity contribution >= 4 is 0 Å². The van der Waals surface area contributed by atoms with E-state index in [4.69, 9.17) is 4.74 Å². The van der Waals surface area contributed by atoms with Crippen LogP contribution in [0.4, 0.5) is 0 Å². The van der Waals surface area contributed by atoms with Crippen LogP contribution < -0.4 is 5.32 Å². The summed E-state index contributed by atoms with van der Waals surface area (Å²) in [5.41, 5.74) is 1.35. The molecule has 0 radical (unpaired) electrons. The molecule has 0 aliphatic rings. The highest BCUT2D eigenvalue weighted by atomic mass is 16.5. The van der Waals surface area contributed by atoms with Crippen LogP contribution in [0.15, 0.2) is 30.3 Å². The molecule has 0 amide bonds. The predicted octanol–water partition coefficient (Wildman–Crippen LogP) is 3.97. The maximum atomic E-state index is 5.86. The minimum Gasteiger partial charge on any atom is -0.376 e. The highest BCUT2D eigenvalue weighted by molar-refractivity contribution is 5.19. The van der Waals surface area contributed by atoms with Crippen molar-refractivity contribution in [3.8, 4) is 0 Å². The van der Waals surface area contributed by atoms with Gasteiger partial charge in [-0.3, -0.25) is 0 Å². The van der Waals surface area contributed by atoms with Crippen molar-refractivity contribution in [2.24, 2.45) is 0 Å². The van der Waals surface area contributed by atoms with E-state index in [1.165, 1.54) is 5.56 Å². The van der Waals surface area contributed by atoms with Crippen molar-refractivity contribution in [1.82, 2.24) is 5.32 Å². The minimum absolute atomic E-state index is 0.0489. The Hall–Kier alpha value is -0.860. The van der Waals surface area contributed by atoms with Crippen molar-refractivity contribution in [2.45, 2.75) is 58.6 Å². The molecule has 2 heteroatoms. The van der Waals surface area contributed by atoms with Crippen molar-refractivity contribution in [2.75, 3.05) is 13.2 Å². The summed E-state index contributed by atoms with van der Waals surface area (Å²) < 4.78 is 5.86. The summed E-state index contributed by atoms with van der Waals surface area (Å²) in [7, 11) is 0. The Labute approximate surface area is 118 Å².